The number of halogens is 3. The van der Waals surface area contributed by atoms with Gasteiger partial charge in [-0.05, 0) is 12.1 Å². The van der Waals surface area contributed by atoms with Gasteiger partial charge < -0.3 is 10.2 Å². The molecule has 2 N–H and O–H groups in total. The smallest absolute Gasteiger partial charge is 0.362 e. The van der Waals surface area contributed by atoms with Crippen LogP contribution in [0.4, 0.5) is 13.2 Å². The van der Waals surface area contributed by atoms with Crippen LogP contribution in [0.25, 0.3) is 0 Å². The van der Waals surface area contributed by atoms with Gasteiger partial charge in [0.25, 0.3) is 0 Å². The summed E-state index contributed by atoms with van der Waals surface area (Å²) in [6.07, 6.45) is -6.68. The van der Waals surface area contributed by atoms with Crippen molar-refractivity contribution in [2.45, 2.75) is 12.5 Å². The summed E-state index contributed by atoms with van der Waals surface area (Å²) in [5.74, 6) is -1.04. The molecule has 0 saturated carbocycles. The molecule has 3 nitrogen and oxygen atoms in total. The second kappa shape index (κ2) is 4.00. The van der Waals surface area contributed by atoms with Gasteiger partial charge in [0.15, 0.2) is 0 Å². The minimum atomic E-state index is -4.47. The fourth-order valence-corrected chi connectivity index (χ4v) is 0.973. The van der Waals surface area contributed by atoms with Crippen molar-refractivity contribution in [3.05, 3.63) is 35.4 Å². The first-order valence-corrected chi connectivity index (χ1v) is 3.90. The molecule has 15 heavy (non-hydrogen) atoms. The molecular formula is C9H7F3O3. The first-order valence-electron chi connectivity index (χ1n) is 3.90. The van der Waals surface area contributed by atoms with Crippen LogP contribution in [0.1, 0.15) is 15.9 Å². The Hall–Kier alpha value is -1.40. The van der Waals surface area contributed by atoms with Crippen LogP contribution in [0.2, 0.25) is 0 Å². The molecule has 0 atom stereocenters. The van der Waals surface area contributed by atoms with Crippen LogP contribution in [-0.4, -0.2) is 22.3 Å². The van der Waals surface area contributed by atoms with Gasteiger partial charge in [-0.25, -0.2) is 0 Å². The number of hydrogen-bond acceptors (Lipinski definition) is 3. The van der Waals surface area contributed by atoms with E-state index in [9.17, 15) is 18.0 Å². The largest absolute Gasteiger partial charge is 0.416 e. The van der Waals surface area contributed by atoms with Crippen LogP contribution in [0.15, 0.2) is 24.3 Å². The number of benzene rings is 1. The molecule has 1 aromatic rings. The van der Waals surface area contributed by atoms with E-state index in [0.29, 0.717) is 12.1 Å². The van der Waals surface area contributed by atoms with Gasteiger partial charge >= 0.3 is 6.18 Å². The molecule has 0 saturated heterocycles. The summed E-state index contributed by atoms with van der Waals surface area (Å²) in [6.45, 7) is 0. The number of carbonyl (C=O) groups excluding carboxylic acids is 1. The summed E-state index contributed by atoms with van der Waals surface area (Å²) in [7, 11) is 0. The number of rotatable bonds is 2. The molecule has 0 aliphatic rings. The van der Waals surface area contributed by atoms with Gasteiger partial charge in [0.2, 0.25) is 12.1 Å². The van der Waals surface area contributed by atoms with E-state index in [1.165, 1.54) is 0 Å². The normalized spacial score (nSPS) is 11.9. The standard InChI is InChI=1S/C9H7F3O3/c10-9(11,12)6-3-1-5(2-4-6)7(13)8(14)15/h1-4,8,14-15H. The van der Waals surface area contributed by atoms with Crippen LogP contribution in [0, 0.1) is 0 Å². The average molecular weight is 220 g/mol. The summed E-state index contributed by atoms with van der Waals surface area (Å²) in [5.41, 5.74) is -1.08. The van der Waals surface area contributed by atoms with E-state index in [1.54, 1.807) is 0 Å². The lowest BCUT2D eigenvalue weighted by Gasteiger charge is -2.07. The van der Waals surface area contributed by atoms with Crippen molar-refractivity contribution in [1.29, 1.82) is 0 Å². The van der Waals surface area contributed by atoms with Crippen molar-refractivity contribution in [3.63, 3.8) is 0 Å². The Labute approximate surface area is 82.8 Å². The molecule has 1 aromatic carbocycles. The van der Waals surface area contributed by atoms with Crippen molar-refractivity contribution in [1.82, 2.24) is 0 Å². The lowest BCUT2D eigenvalue weighted by atomic mass is 10.1. The third-order valence-corrected chi connectivity index (χ3v) is 1.73. The first kappa shape index (κ1) is 11.7. The van der Waals surface area contributed by atoms with E-state index in [-0.39, 0.29) is 5.56 Å². The molecule has 0 fully saturated rings. The SMILES string of the molecule is O=C(c1ccc(C(F)(F)F)cc1)C(O)O. The van der Waals surface area contributed by atoms with E-state index < -0.39 is 23.8 Å². The predicted molar refractivity (Wildman–Crippen MR) is 44.0 cm³/mol. The molecular weight excluding hydrogens is 213 g/mol. The van der Waals surface area contributed by atoms with E-state index in [2.05, 4.69) is 0 Å². The summed E-state index contributed by atoms with van der Waals surface area (Å²) in [6, 6.07) is 3.19. The molecule has 82 valence electrons. The minimum absolute atomic E-state index is 0.182. The van der Waals surface area contributed by atoms with Crippen LogP contribution in [-0.2, 0) is 6.18 Å². The van der Waals surface area contributed by atoms with Crippen LogP contribution in [0.5, 0.6) is 0 Å². The Morgan fingerprint density at radius 3 is 1.93 bits per heavy atom. The molecule has 0 aliphatic carbocycles. The molecule has 0 bridgehead atoms. The zero-order chi connectivity index (χ0) is 11.6. The van der Waals surface area contributed by atoms with Gasteiger partial charge in [-0.2, -0.15) is 13.2 Å². The third-order valence-electron chi connectivity index (χ3n) is 1.73. The van der Waals surface area contributed by atoms with Crippen LogP contribution in [0.3, 0.4) is 0 Å². The molecule has 0 aliphatic heterocycles. The Kier molecular flexibility index (Phi) is 3.11. The van der Waals surface area contributed by atoms with Gasteiger partial charge in [0.1, 0.15) is 0 Å². The van der Waals surface area contributed by atoms with Crippen molar-refractivity contribution in [2.75, 3.05) is 0 Å². The fourth-order valence-electron chi connectivity index (χ4n) is 0.973. The van der Waals surface area contributed by atoms with Crippen LogP contribution < -0.4 is 0 Å². The number of hydrogen-bond donors (Lipinski definition) is 2. The van der Waals surface area contributed by atoms with Crippen molar-refractivity contribution >= 4 is 5.78 Å². The number of Topliss-reactive ketones (excluding diaryl/α,β-unsaturated/α-hetero) is 1. The van der Waals surface area contributed by atoms with Gasteiger partial charge in [0, 0.05) is 5.56 Å². The highest BCUT2D eigenvalue weighted by Crippen LogP contribution is 2.29. The average Bonchev–Trinajstić information content (AvgIpc) is 2.15. The van der Waals surface area contributed by atoms with Crippen LogP contribution >= 0.6 is 0 Å². The summed E-state index contributed by atoms with van der Waals surface area (Å²) in [5, 5.41) is 17.0. The van der Waals surface area contributed by atoms with E-state index >= 15 is 0 Å². The van der Waals surface area contributed by atoms with Gasteiger partial charge in [0.05, 0.1) is 5.56 Å². The predicted octanol–water partition coefficient (Wildman–Crippen LogP) is 1.20. The van der Waals surface area contributed by atoms with E-state index in [0.717, 1.165) is 12.1 Å². The second-order valence-electron chi connectivity index (χ2n) is 2.81. The number of alkyl halides is 3. The minimum Gasteiger partial charge on any atom is -0.362 e. The van der Waals surface area contributed by atoms with Crippen molar-refractivity contribution in [2.24, 2.45) is 0 Å². The Morgan fingerprint density at radius 1 is 1.13 bits per heavy atom. The Morgan fingerprint density at radius 2 is 1.60 bits per heavy atom. The molecule has 0 amide bonds. The van der Waals surface area contributed by atoms with Crippen molar-refractivity contribution in [3.8, 4) is 0 Å². The molecule has 0 radical (unpaired) electrons. The van der Waals surface area contributed by atoms with Gasteiger partial charge in [-0.1, -0.05) is 12.1 Å². The van der Waals surface area contributed by atoms with E-state index in [4.69, 9.17) is 10.2 Å². The lowest BCUT2D eigenvalue weighted by Crippen LogP contribution is -2.19. The molecule has 0 unspecified atom stereocenters. The maximum absolute atomic E-state index is 12.1. The second-order valence-corrected chi connectivity index (χ2v) is 2.81. The quantitative estimate of drug-likeness (QED) is 0.581. The first-order chi connectivity index (χ1) is 6.82. The molecule has 0 spiro atoms. The maximum atomic E-state index is 12.1. The number of carbonyl (C=O) groups is 1. The summed E-state index contributed by atoms with van der Waals surface area (Å²) in [4.78, 5) is 10.9. The molecule has 0 heterocycles. The Balaban J connectivity index is 2.96. The molecule has 0 aromatic heterocycles. The number of ketones is 1. The monoisotopic (exact) mass is 220 g/mol. The van der Waals surface area contributed by atoms with Crippen molar-refractivity contribution < 1.29 is 28.2 Å². The fraction of sp³-hybridized carbons (Fsp3) is 0.222. The van der Waals surface area contributed by atoms with Gasteiger partial charge in [-0.3, -0.25) is 4.79 Å². The lowest BCUT2D eigenvalue weighted by molar-refractivity contribution is -0.137. The highest BCUT2D eigenvalue weighted by Gasteiger charge is 2.30. The molecule has 1 rings (SSSR count). The Bertz CT molecular complexity index is 354. The van der Waals surface area contributed by atoms with E-state index in [1.807, 2.05) is 0 Å². The summed E-state index contributed by atoms with van der Waals surface area (Å²) < 4.78 is 36.3. The number of aliphatic hydroxyl groups excluding tert-OH is 1. The third kappa shape index (κ3) is 2.77. The zero-order valence-corrected chi connectivity index (χ0v) is 7.32. The highest BCUT2D eigenvalue weighted by molar-refractivity contribution is 5.98. The molecule has 6 heteroatoms. The maximum Gasteiger partial charge on any atom is 0.416 e. The zero-order valence-electron chi connectivity index (χ0n) is 7.32. The highest BCUT2D eigenvalue weighted by atomic mass is 19.4. The van der Waals surface area contributed by atoms with Gasteiger partial charge in [-0.15, -0.1) is 0 Å². The number of aliphatic hydroxyl groups is 2. The summed E-state index contributed by atoms with van der Waals surface area (Å²) >= 11 is 0. The topological polar surface area (TPSA) is 57.5 Å².